The molecule has 2 aliphatic rings. The Balaban J connectivity index is 1.79. The molecule has 0 aliphatic carbocycles. The number of hydrogen-bond acceptors (Lipinski definition) is 3. The van der Waals surface area contributed by atoms with Crippen molar-refractivity contribution in [2.45, 2.75) is 31.3 Å². The van der Waals surface area contributed by atoms with Crippen LogP contribution in [0.15, 0.2) is 27.1 Å². The Morgan fingerprint density at radius 1 is 1.19 bits per heavy atom. The summed E-state index contributed by atoms with van der Waals surface area (Å²) in [5, 5.41) is 0. The lowest BCUT2D eigenvalue weighted by Crippen LogP contribution is -2.45. The van der Waals surface area contributed by atoms with Crippen LogP contribution in [0, 0.1) is 5.92 Å². The maximum absolute atomic E-state index is 12.9. The van der Waals surface area contributed by atoms with Crippen molar-refractivity contribution in [3.05, 3.63) is 32.7 Å². The first-order valence-electron chi connectivity index (χ1n) is 7.31. The third kappa shape index (κ3) is 3.41. The fourth-order valence-electron chi connectivity index (χ4n) is 3.25. The van der Waals surface area contributed by atoms with Gasteiger partial charge in [-0.3, -0.25) is 4.79 Å². The Bertz CT molecular complexity index is 533. The zero-order valence-electron chi connectivity index (χ0n) is 11.7. The summed E-state index contributed by atoms with van der Waals surface area (Å²) in [7, 11) is 0. The Kier molecular flexibility index (Phi) is 4.84. The molecule has 0 radical (unpaired) electrons. The molecule has 2 heterocycles. The van der Waals surface area contributed by atoms with Gasteiger partial charge in [0.2, 0.25) is 0 Å². The average Bonchev–Trinajstić information content (AvgIpc) is 2.50. The Hall–Kier alpha value is -0.230. The van der Waals surface area contributed by atoms with Crippen molar-refractivity contribution in [3.8, 4) is 0 Å². The summed E-state index contributed by atoms with van der Waals surface area (Å²) in [6.07, 6.45) is 3.42. The van der Waals surface area contributed by atoms with Crippen LogP contribution >= 0.6 is 31.9 Å². The predicted octanol–water partition coefficient (Wildman–Crippen LogP) is 4.37. The SMILES string of the molecule is O=C(c1cc(Br)ccc1Br)C1CCOC2(CCOCC2)C1. The van der Waals surface area contributed by atoms with Crippen LogP contribution in [0.1, 0.15) is 36.0 Å². The van der Waals surface area contributed by atoms with E-state index in [-0.39, 0.29) is 17.3 Å². The first-order valence-corrected chi connectivity index (χ1v) is 8.89. The van der Waals surface area contributed by atoms with Gasteiger partial charge in [0.25, 0.3) is 0 Å². The number of halogens is 2. The number of carbonyl (C=O) groups excluding carboxylic acids is 1. The minimum atomic E-state index is -0.144. The molecular weight excluding hydrogens is 400 g/mol. The fourth-order valence-corrected chi connectivity index (χ4v) is 4.05. The molecule has 0 aromatic heterocycles. The molecule has 2 fully saturated rings. The summed E-state index contributed by atoms with van der Waals surface area (Å²) in [4.78, 5) is 12.9. The van der Waals surface area contributed by atoms with Crippen LogP contribution in [0.4, 0.5) is 0 Å². The first-order chi connectivity index (χ1) is 10.1. The van der Waals surface area contributed by atoms with Crippen LogP contribution in [-0.4, -0.2) is 31.2 Å². The Morgan fingerprint density at radius 2 is 1.95 bits per heavy atom. The predicted molar refractivity (Wildman–Crippen MR) is 87.6 cm³/mol. The maximum atomic E-state index is 12.9. The number of hydrogen-bond donors (Lipinski definition) is 0. The molecule has 2 saturated heterocycles. The second-order valence-corrected chi connectivity index (χ2v) is 7.59. The van der Waals surface area contributed by atoms with Crippen LogP contribution in [0.5, 0.6) is 0 Å². The summed E-state index contributed by atoms with van der Waals surface area (Å²) in [5.74, 6) is 0.264. The molecule has 2 aliphatic heterocycles. The van der Waals surface area contributed by atoms with Crippen LogP contribution in [0.25, 0.3) is 0 Å². The van der Waals surface area contributed by atoms with Crippen molar-refractivity contribution >= 4 is 37.6 Å². The highest BCUT2D eigenvalue weighted by Gasteiger charge is 2.41. The second kappa shape index (κ2) is 6.49. The minimum Gasteiger partial charge on any atom is -0.381 e. The van der Waals surface area contributed by atoms with Crippen molar-refractivity contribution in [1.29, 1.82) is 0 Å². The summed E-state index contributed by atoms with van der Waals surface area (Å²) in [5.41, 5.74) is 0.619. The highest BCUT2D eigenvalue weighted by atomic mass is 79.9. The molecule has 0 saturated carbocycles. The number of rotatable bonds is 2. The maximum Gasteiger partial charge on any atom is 0.167 e. The van der Waals surface area contributed by atoms with E-state index in [1.54, 1.807) is 0 Å². The van der Waals surface area contributed by atoms with E-state index in [2.05, 4.69) is 31.9 Å². The van der Waals surface area contributed by atoms with Crippen molar-refractivity contribution in [1.82, 2.24) is 0 Å². The molecule has 1 spiro atoms. The number of ketones is 1. The van der Waals surface area contributed by atoms with Crippen molar-refractivity contribution in [2.75, 3.05) is 19.8 Å². The zero-order valence-corrected chi connectivity index (χ0v) is 14.9. The van der Waals surface area contributed by atoms with Gasteiger partial charge in [-0.2, -0.15) is 0 Å². The van der Waals surface area contributed by atoms with Crippen LogP contribution < -0.4 is 0 Å². The molecular formula is C16H18Br2O3. The number of benzene rings is 1. The number of carbonyl (C=O) groups is 1. The van der Waals surface area contributed by atoms with Gasteiger partial charge in [0, 0.05) is 40.2 Å². The molecule has 1 aromatic carbocycles. The van der Waals surface area contributed by atoms with Crippen molar-refractivity contribution < 1.29 is 14.3 Å². The molecule has 0 amide bonds. The van der Waals surface area contributed by atoms with Gasteiger partial charge in [-0.15, -0.1) is 0 Å². The van der Waals surface area contributed by atoms with Gasteiger partial charge in [0.15, 0.2) is 5.78 Å². The van der Waals surface area contributed by atoms with Crippen molar-refractivity contribution in [3.63, 3.8) is 0 Å². The molecule has 0 bridgehead atoms. The lowest BCUT2D eigenvalue weighted by atomic mass is 9.78. The monoisotopic (exact) mass is 416 g/mol. The molecule has 5 heteroatoms. The van der Waals surface area contributed by atoms with Crippen molar-refractivity contribution in [2.24, 2.45) is 5.92 Å². The van der Waals surface area contributed by atoms with E-state index in [4.69, 9.17) is 9.47 Å². The van der Waals surface area contributed by atoms with Gasteiger partial charge in [0.05, 0.1) is 5.60 Å². The van der Waals surface area contributed by atoms with E-state index in [0.29, 0.717) is 6.61 Å². The molecule has 1 atom stereocenters. The van der Waals surface area contributed by atoms with Gasteiger partial charge in [-0.1, -0.05) is 31.9 Å². The van der Waals surface area contributed by atoms with Crippen LogP contribution in [0.3, 0.4) is 0 Å². The average molecular weight is 418 g/mol. The van der Waals surface area contributed by atoms with Gasteiger partial charge in [-0.05, 0) is 43.9 Å². The lowest BCUT2D eigenvalue weighted by Gasteiger charge is -2.43. The highest BCUT2D eigenvalue weighted by molar-refractivity contribution is 9.11. The number of Topliss-reactive ketones (excluding diaryl/α,β-unsaturated/α-hetero) is 1. The van der Waals surface area contributed by atoms with E-state index in [0.717, 1.165) is 53.4 Å². The smallest absolute Gasteiger partial charge is 0.167 e. The largest absolute Gasteiger partial charge is 0.381 e. The van der Waals surface area contributed by atoms with Gasteiger partial charge in [-0.25, -0.2) is 0 Å². The fraction of sp³-hybridized carbons (Fsp3) is 0.562. The standard InChI is InChI=1S/C16H18Br2O3/c17-12-1-2-14(18)13(9-12)15(19)11-3-6-21-16(10-11)4-7-20-8-5-16/h1-2,9,11H,3-8,10H2. The summed E-state index contributed by atoms with van der Waals surface area (Å²) >= 11 is 6.94. The first kappa shape index (κ1) is 15.7. The molecule has 3 rings (SSSR count). The molecule has 3 nitrogen and oxygen atoms in total. The minimum absolute atomic E-state index is 0.0439. The molecule has 0 N–H and O–H groups in total. The Morgan fingerprint density at radius 3 is 2.71 bits per heavy atom. The lowest BCUT2D eigenvalue weighted by molar-refractivity contribution is -0.142. The topological polar surface area (TPSA) is 35.5 Å². The normalized spacial score (nSPS) is 25.0. The molecule has 21 heavy (non-hydrogen) atoms. The quantitative estimate of drug-likeness (QED) is 0.670. The van der Waals surface area contributed by atoms with Gasteiger partial charge >= 0.3 is 0 Å². The van der Waals surface area contributed by atoms with Crippen LogP contribution in [0.2, 0.25) is 0 Å². The Labute approximate surface area is 141 Å². The van der Waals surface area contributed by atoms with E-state index in [9.17, 15) is 4.79 Å². The summed E-state index contributed by atoms with van der Waals surface area (Å²) in [6, 6.07) is 5.75. The third-order valence-electron chi connectivity index (χ3n) is 4.46. The number of ether oxygens (including phenoxy) is 2. The third-order valence-corrected chi connectivity index (χ3v) is 5.65. The van der Waals surface area contributed by atoms with E-state index in [1.165, 1.54) is 0 Å². The van der Waals surface area contributed by atoms with Gasteiger partial charge < -0.3 is 9.47 Å². The highest BCUT2D eigenvalue weighted by Crippen LogP contribution is 2.39. The van der Waals surface area contributed by atoms with E-state index in [1.807, 2.05) is 18.2 Å². The second-order valence-electron chi connectivity index (χ2n) is 5.82. The molecule has 1 unspecified atom stereocenters. The molecule has 1 aromatic rings. The molecule has 114 valence electrons. The van der Waals surface area contributed by atoms with E-state index >= 15 is 0 Å². The van der Waals surface area contributed by atoms with E-state index < -0.39 is 0 Å². The summed E-state index contributed by atoms with van der Waals surface area (Å²) in [6.45, 7) is 2.14. The van der Waals surface area contributed by atoms with Crippen LogP contribution in [-0.2, 0) is 9.47 Å². The zero-order chi connectivity index (χ0) is 14.9. The summed E-state index contributed by atoms with van der Waals surface area (Å²) < 4.78 is 13.3. The van der Waals surface area contributed by atoms with Gasteiger partial charge in [0.1, 0.15) is 0 Å².